The first-order valence-electron chi connectivity index (χ1n) is 9.43. The lowest BCUT2D eigenvalue weighted by atomic mass is 10.1. The molecule has 0 aliphatic rings. The van der Waals surface area contributed by atoms with Crippen LogP contribution in [-0.4, -0.2) is 32.0 Å². The molecule has 0 radical (unpaired) electrons. The standard InChI is InChI=1S/C15H14N2O3S3.C7H4.C3H2O/c1-2-6-23(20)15-12(16)11-8(14(18)19)7-9(17-13(11)22-15)10-4-3-5-21-10;1-3-5-7-6-4-2;1-2-3-4/h3-5,7H,2,6,16H2,1H3,(H,18,19);1-2H2;1H2. The van der Waals surface area contributed by atoms with Gasteiger partial charge in [0.1, 0.15) is 9.04 Å². The first-order chi connectivity index (χ1) is 16.4. The quantitative estimate of drug-likeness (QED) is 0.345. The zero-order chi connectivity index (χ0) is 25.5. The van der Waals surface area contributed by atoms with Crippen LogP contribution in [0.4, 0.5) is 5.69 Å². The number of nitrogens with zero attached hydrogens (tertiary/aromatic N) is 1. The van der Waals surface area contributed by atoms with Crippen molar-refractivity contribution in [2.45, 2.75) is 17.6 Å². The third kappa shape index (κ3) is 7.90. The highest BCUT2D eigenvalue weighted by Crippen LogP contribution is 2.39. The number of carbonyl (C=O) groups is 1. The number of anilines is 1. The van der Waals surface area contributed by atoms with Gasteiger partial charge in [0.15, 0.2) is 5.94 Å². The Hall–Kier alpha value is -3.90. The number of aromatic nitrogens is 1. The molecule has 0 aromatic carbocycles. The molecule has 1 unspecified atom stereocenters. The lowest BCUT2D eigenvalue weighted by Gasteiger charge is -2.03. The second-order valence-electron chi connectivity index (χ2n) is 5.88. The average Bonchev–Trinajstić information content (AvgIpc) is 3.48. The fourth-order valence-electron chi connectivity index (χ4n) is 2.39. The van der Waals surface area contributed by atoms with E-state index in [0.29, 0.717) is 25.9 Å². The molecule has 0 bridgehead atoms. The second-order valence-corrected chi connectivity index (χ2v) is 9.59. The number of nitrogen functional groups attached to an aromatic ring is 1. The number of rotatable bonds is 5. The maximum absolute atomic E-state index is 12.3. The molecule has 3 rings (SSSR count). The van der Waals surface area contributed by atoms with Crippen LogP contribution in [-0.2, 0) is 15.6 Å². The predicted octanol–water partition coefficient (Wildman–Crippen LogP) is 5.56. The number of nitrogens with two attached hydrogens (primary N) is 1. The molecule has 3 N–H and O–H groups in total. The van der Waals surface area contributed by atoms with Crippen molar-refractivity contribution >= 4 is 61.3 Å². The summed E-state index contributed by atoms with van der Waals surface area (Å²) in [4.78, 5) is 26.5. The largest absolute Gasteiger partial charge is 0.478 e. The minimum Gasteiger partial charge on any atom is -0.478 e. The molecular formula is C25H20N2O4S3. The first kappa shape index (κ1) is 28.1. The summed E-state index contributed by atoms with van der Waals surface area (Å²) in [6.07, 6.45) is 0.764. The number of carbonyl (C=O) groups excluding carboxylic acids is 1. The highest BCUT2D eigenvalue weighted by atomic mass is 32.2. The SMILES string of the molecule is C=C=C=C=C=C=C.C=C=C=O.CCCS(=O)c1sc2nc(-c3cccs3)cc(C(=O)O)c2c1N. The van der Waals surface area contributed by atoms with Crippen LogP contribution in [0.1, 0.15) is 23.7 Å². The minimum atomic E-state index is -1.23. The van der Waals surface area contributed by atoms with Gasteiger partial charge < -0.3 is 10.8 Å². The maximum atomic E-state index is 12.3. The molecule has 0 amide bonds. The first-order valence-corrected chi connectivity index (χ1v) is 12.4. The fourth-order valence-corrected chi connectivity index (χ4v) is 5.69. The molecule has 6 nitrogen and oxygen atoms in total. The summed E-state index contributed by atoms with van der Waals surface area (Å²) >= 11 is 2.71. The van der Waals surface area contributed by atoms with E-state index >= 15 is 0 Å². The van der Waals surface area contributed by atoms with Gasteiger partial charge in [-0.15, -0.1) is 22.7 Å². The van der Waals surface area contributed by atoms with Gasteiger partial charge in [-0.3, -0.25) is 4.21 Å². The van der Waals surface area contributed by atoms with Gasteiger partial charge in [0.05, 0.1) is 38.0 Å². The van der Waals surface area contributed by atoms with E-state index in [2.05, 4.69) is 53.4 Å². The Morgan fingerprint density at radius 1 is 1.21 bits per heavy atom. The van der Waals surface area contributed by atoms with Crippen molar-refractivity contribution in [2.24, 2.45) is 0 Å². The Bertz CT molecular complexity index is 1410. The third-order valence-corrected chi connectivity index (χ3v) is 7.65. The zero-order valence-corrected chi connectivity index (χ0v) is 20.7. The van der Waals surface area contributed by atoms with Gasteiger partial charge >= 0.3 is 5.97 Å². The normalized spacial score (nSPS) is 9.56. The van der Waals surface area contributed by atoms with Gasteiger partial charge in [0, 0.05) is 5.75 Å². The molecule has 0 aliphatic carbocycles. The van der Waals surface area contributed by atoms with Crippen LogP contribution >= 0.6 is 22.7 Å². The monoisotopic (exact) mass is 508 g/mol. The van der Waals surface area contributed by atoms with E-state index in [9.17, 15) is 14.1 Å². The smallest absolute Gasteiger partial charge is 0.336 e. The number of carboxylic acids is 1. The van der Waals surface area contributed by atoms with Crippen molar-refractivity contribution in [1.82, 2.24) is 4.98 Å². The summed E-state index contributed by atoms with van der Waals surface area (Å²) in [5, 5.41) is 11.8. The lowest BCUT2D eigenvalue weighted by Crippen LogP contribution is -2.02. The van der Waals surface area contributed by atoms with Gasteiger partial charge in [-0.2, -0.15) is 0 Å². The van der Waals surface area contributed by atoms with E-state index in [-0.39, 0.29) is 11.3 Å². The topological polar surface area (TPSA) is 110 Å². The zero-order valence-electron chi connectivity index (χ0n) is 18.3. The van der Waals surface area contributed by atoms with E-state index in [0.717, 1.165) is 11.3 Å². The van der Waals surface area contributed by atoms with Crippen LogP contribution < -0.4 is 5.73 Å². The van der Waals surface area contributed by atoms with Gasteiger partial charge in [0.25, 0.3) is 0 Å². The van der Waals surface area contributed by atoms with Gasteiger partial charge in [-0.05, 0) is 66.6 Å². The van der Waals surface area contributed by atoms with E-state index in [1.807, 2.05) is 30.2 Å². The molecular weight excluding hydrogens is 488 g/mol. The van der Waals surface area contributed by atoms with Crippen molar-refractivity contribution < 1.29 is 18.9 Å². The summed E-state index contributed by atoms with van der Waals surface area (Å²) < 4.78 is 12.8. The molecule has 9 heteroatoms. The average molecular weight is 509 g/mol. The molecule has 1 atom stereocenters. The molecule has 3 heterocycles. The highest BCUT2D eigenvalue weighted by molar-refractivity contribution is 7.87. The second kappa shape index (κ2) is 15.0. The third-order valence-electron chi connectivity index (χ3n) is 3.64. The summed E-state index contributed by atoms with van der Waals surface area (Å²) in [7, 11) is -1.23. The maximum Gasteiger partial charge on any atom is 0.336 e. The van der Waals surface area contributed by atoms with Gasteiger partial charge in [-0.1, -0.05) is 24.5 Å². The number of thiophene rings is 2. The summed E-state index contributed by atoms with van der Waals surface area (Å²) in [6, 6.07) is 5.31. The summed E-state index contributed by atoms with van der Waals surface area (Å²) in [6.45, 7) is 11.4. The van der Waals surface area contributed by atoms with Crippen molar-refractivity contribution in [2.75, 3.05) is 11.5 Å². The van der Waals surface area contributed by atoms with Gasteiger partial charge in [0.2, 0.25) is 0 Å². The predicted molar refractivity (Wildman–Crippen MR) is 140 cm³/mol. The Balaban J connectivity index is 0.000000441. The Labute approximate surface area is 207 Å². The number of fused-ring (bicyclic) bond motifs is 1. The van der Waals surface area contributed by atoms with Crippen LogP contribution in [0.2, 0.25) is 0 Å². The van der Waals surface area contributed by atoms with Gasteiger partial charge in [-0.25, -0.2) is 14.6 Å². The van der Waals surface area contributed by atoms with Crippen molar-refractivity contribution in [3.05, 3.63) is 83.3 Å². The minimum absolute atomic E-state index is 0.104. The number of pyridine rings is 1. The molecule has 0 aliphatic heterocycles. The van der Waals surface area contributed by atoms with Crippen LogP contribution in [0.3, 0.4) is 0 Å². The van der Waals surface area contributed by atoms with E-state index < -0.39 is 16.8 Å². The molecule has 0 fully saturated rings. The van der Waals surface area contributed by atoms with E-state index in [4.69, 9.17) is 10.5 Å². The number of aromatic carboxylic acids is 1. The van der Waals surface area contributed by atoms with E-state index in [1.165, 1.54) is 34.7 Å². The number of carboxylic acid groups (broad SMARTS) is 1. The Morgan fingerprint density at radius 3 is 2.32 bits per heavy atom. The fraction of sp³-hybridized carbons (Fsp3) is 0.120. The molecule has 0 saturated heterocycles. The molecule has 3 aromatic heterocycles. The summed E-state index contributed by atoms with van der Waals surface area (Å²) in [5.41, 5.74) is 21.0. The Morgan fingerprint density at radius 2 is 1.85 bits per heavy atom. The molecule has 34 heavy (non-hydrogen) atoms. The molecule has 0 spiro atoms. The lowest BCUT2D eigenvalue weighted by molar-refractivity contribution is 0.0699. The molecule has 0 saturated carbocycles. The highest BCUT2D eigenvalue weighted by Gasteiger charge is 2.22. The van der Waals surface area contributed by atoms with Crippen LogP contribution in [0.15, 0.2) is 81.9 Å². The molecule has 3 aromatic rings. The van der Waals surface area contributed by atoms with Crippen LogP contribution in [0.25, 0.3) is 20.8 Å². The summed E-state index contributed by atoms with van der Waals surface area (Å²) in [5.74, 6) is 0.754. The van der Waals surface area contributed by atoms with Crippen molar-refractivity contribution in [1.29, 1.82) is 0 Å². The van der Waals surface area contributed by atoms with E-state index in [1.54, 1.807) is 0 Å². The number of hydrogen-bond donors (Lipinski definition) is 2. The number of hydrogen-bond acceptors (Lipinski definition) is 7. The van der Waals surface area contributed by atoms with Crippen LogP contribution in [0, 0.1) is 0 Å². The van der Waals surface area contributed by atoms with Crippen molar-refractivity contribution in [3.63, 3.8) is 0 Å². The van der Waals surface area contributed by atoms with Crippen LogP contribution in [0.5, 0.6) is 0 Å². The Kier molecular flexibility index (Phi) is 12.4. The van der Waals surface area contributed by atoms with Crippen molar-refractivity contribution in [3.8, 4) is 10.6 Å². The molecule has 172 valence electrons.